The van der Waals surface area contributed by atoms with E-state index in [0.29, 0.717) is 22.7 Å². The highest BCUT2D eigenvalue weighted by atomic mass is 32.2. The van der Waals surface area contributed by atoms with Crippen molar-refractivity contribution in [1.29, 1.82) is 0 Å². The average Bonchev–Trinajstić information content (AvgIpc) is 3.08. The fourth-order valence-corrected chi connectivity index (χ4v) is 3.31. The number of sulfonamides is 1. The number of carbonyl (C=O) groups is 2. The number of ether oxygens (including phenoxy) is 2. The van der Waals surface area contributed by atoms with Crippen LogP contribution >= 0.6 is 0 Å². The topological polar surface area (TPSA) is 111 Å². The first kappa shape index (κ1) is 17.9. The lowest BCUT2D eigenvalue weighted by atomic mass is 10.1. The van der Waals surface area contributed by atoms with Gasteiger partial charge in [0, 0.05) is 17.3 Å². The average molecular weight is 376 g/mol. The van der Waals surface area contributed by atoms with E-state index in [1.165, 1.54) is 31.2 Å². The molecule has 0 saturated heterocycles. The molecule has 0 aromatic heterocycles. The molecule has 1 amide bonds. The summed E-state index contributed by atoms with van der Waals surface area (Å²) >= 11 is 0. The summed E-state index contributed by atoms with van der Waals surface area (Å²) in [6.45, 7) is 0.996. The standard InChI is InChI=1S/C17H16N2O6S/c1-11(20)12-3-2-4-13(7-12)19-17(21)9-18-26(22,23)14-5-6-15-16(8-14)25-10-24-15/h2-8,18H,9-10H2,1H3,(H,19,21). The van der Waals surface area contributed by atoms with Crippen LogP contribution in [0, 0.1) is 0 Å². The fraction of sp³-hybridized carbons (Fsp3) is 0.176. The summed E-state index contributed by atoms with van der Waals surface area (Å²) in [5, 5.41) is 2.54. The number of amides is 1. The molecule has 1 heterocycles. The van der Waals surface area contributed by atoms with Crippen LogP contribution in [0.25, 0.3) is 0 Å². The summed E-state index contributed by atoms with van der Waals surface area (Å²) in [6, 6.07) is 10.6. The number of benzene rings is 2. The Hall–Kier alpha value is -2.91. The minimum absolute atomic E-state index is 0.0341. The number of nitrogens with one attached hydrogen (secondary N) is 2. The van der Waals surface area contributed by atoms with Gasteiger partial charge in [-0.05, 0) is 31.2 Å². The Bertz CT molecular complexity index is 971. The fourth-order valence-electron chi connectivity index (χ4n) is 2.31. The second-order valence-electron chi connectivity index (χ2n) is 5.52. The van der Waals surface area contributed by atoms with E-state index in [1.54, 1.807) is 18.2 Å². The van der Waals surface area contributed by atoms with Gasteiger partial charge in [0.25, 0.3) is 0 Å². The van der Waals surface area contributed by atoms with Crippen LogP contribution in [0.1, 0.15) is 17.3 Å². The maximum Gasteiger partial charge on any atom is 0.241 e. The van der Waals surface area contributed by atoms with Gasteiger partial charge in [-0.1, -0.05) is 12.1 Å². The first-order valence-electron chi connectivity index (χ1n) is 7.65. The Kier molecular flexibility index (Phi) is 4.92. The zero-order valence-electron chi connectivity index (χ0n) is 13.8. The monoisotopic (exact) mass is 376 g/mol. The zero-order chi connectivity index (χ0) is 18.7. The Morgan fingerprint density at radius 2 is 1.85 bits per heavy atom. The van der Waals surface area contributed by atoms with Gasteiger partial charge in [-0.3, -0.25) is 9.59 Å². The van der Waals surface area contributed by atoms with Gasteiger partial charge in [0.05, 0.1) is 11.4 Å². The lowest BCUT2D eigenvalue weighted by Gasteiger charge is -2.09. The molecule has 0 aliphatic carbocycles. The molecule has 1 aliphatic rings. The summed E-state index contributed by atoms with van der Waals surface area (Å²) in [7, 11) is -3.89. The molecular weight excluding hydrogens is 360 g/mol. The van der Waals surface area contributed by atoms with E-state index in [0.717, 1.165) is 0 Å². The van der Waals surface area contributed by atoms with E-state index in [-0.39, 0.29) is 17.5 Å². The minimum Gasteiger partial charge on any atom is -0.454 e. The van der Waals surface area contributed by atoms with Crippen LogP contribution < -0.4 is 19.5 Å². The van der Waals surface area contributed by atoms with E-state index >= 15 is 0 Å². The molecule has 0 unspecified atom stereocenters. The first-order chi connectivity index (χ1) is 12.3. The summed E-state index contributed by atoms with van der Waals surface area (Å²) < 4.78 is 37.1. The van der Waals surface area contributed by atoms with Crippen LogP contribution in [0.15, 0.2) is 47.4 Å². The molecule has 3 rings (SSSR count). The van der Waals surface area contributed by atoms with E-state index < -0.39 is 22.5 Å². The summed E-state index contributed by atoms with van der Waals surface area (Å²) in [6.07, 6.45) is 0. The largest absolute Gasteiger partial charge is 0.454 e. The Morgan fingerprint density at radius 3 is 2.62 bits per heavy atom. The molecule has 1 aliphatic heterocycles. The lowest BCUT2D eigenvalue weighted by molar-refractivity contribution is -0.115. The SMILES string of the molecule is CC(=O)c1cccc(NC(=O)CNS(=O)(=O)c2ccc3c(c2)OCO3)c1. The summed E-state index contributed by atoms with van der Waals surface area (Å²) in [5.41, 5.74) is 0.855. The second kappa shape index (κ2) is 7.14. The Labute approximate surface area is 150 Å². The number of fused-ring (bicyclic) bond motifs is 1. The van der Waals surface area contributed by atoms with Crippen molar-refractivity contribution in [2.75, 3.05) is 18.7 Å². The van der Waals surface area contributed by atoms with E-state index in [4.69, 9.17) is 9.47 Å². The number of carbonyl (C=O) groups excluding carboxylic acids is 2. The third kappa shape index (κ3) is 4.01. The first-order valence-corrected chi connectivity index (χ1v) is 9.14. The van der Waals surface area contributed by atoms with Crippen LogP contribution in [0.3, 0.4) is 0 Å². The summed E-state index contributed by atoms with van der Waals surface area (Å²) in [5.74, 6) is 0.102. The van der Waals surface area contributed by atoms with Crippen molar-refractivity contribution in [1.82, 2.24) is 4.72 Å². The number of hydrogen-bond donors (Lipinski definition) is 2. The highest BCUT2D eigenvalue weighted by Gasteiger charge is 2.21. The smallest absolute Gasteiger partial charge is 0.241 e. The molecule has 8 nitrogen and oxygen atoms in total. The molecular formula is C17H16N2O6S. The van der Waals surface area contributed by atoms with Gasteiger partial charge in [0.15, 0.2) is 17.3 Å². The van der Waals surface area contributed by atoms with E-state index in [2.05, 4.69) is 10.0 Å². The number of ketones is 1. The van der Waals surface area contributed by atoms with Crippen molar-refractivity contribution in [2.45, 2.75) is 11.8 Å². The van der Waals surface area contributed by atoms with Crippen molar-refractivity contribution >= 4 is 27.4 Å². The third-order valence-corrected chi connectivity index (χ3v) is 5.03. The maximum atomic E-state index is 12.3. The van der Waals surface area contributed by atoms with Crippen molar-refractivity contribution in [3.63, 3.8) is 0 Å². The highest BCUT2D eigenvalue weighted by Crippen LogP contribution is 2.33. The quantitative estimate of drug-likeness (QED) is 0.740. The lowest BCUT2D eigenvalue weighted by Crippen LogP contribution is -2.32. The highest BCUT2D eigenvalue weighted by molar-refractivity contribution is 7.89. The molecule has 0 fully saturated rings. The van der Waals surface area contributed by atoms with Gasteiger partial charge < -0.3 is 14.8 Å². The van der Waals surface area contributed by atoms with Crippen molar-refractivity contribution in [3.05, 3.63) is 48.0 Å². The minimum atomic E-state index is -3.89. The van der Waals surface area contributed by atoms with Gasteiger partial charge in [-0.25, -0.2) is 13.1 Å². The Balaban J connectivity index is 1.63. The predicted molar refractivity (Wildman–Crippen MR) is 92.8 cm³/mol. The van der Waals surface area contributed by atoms with Crippen molar-refractivity contribution in [3.8, 4) is 11.5 Å². The Morgan fingerprint density at radius 1 is 1.08 bits per heavy atom. The molecule has 2 N–H and O–H groups in total. The van der Waals surface area contributed by atoms with Gasteiger partial charge in [-0.15, -0.1) is 0 Å². The van der Waals surface area contributed by atoms with Crippen LogP contribution in [0.5, 0.6) is 11.5 Å². The molecule has 9 heteroatoms. The van der Waals surface area contributed by atoms with Crippen LogP contribution in [-0.4, -0.2) is 33.4 Å². The van der Waals surface area contributed by atoms with Gasteiger partial charge >= 0.3 is 0 Å². The van der Waals surface area contributed by atoms with Gasteiger partial charge in [0.1, 0.15) is 0 Å². The molecule has 0 radical (unpaired) electrons. The molecule has 0 saturated carbocycles. The van der Waals surface area contributed by atoms with Gasteiger partial charge in [-0.2, -0.15) is 0 Å². The molecule has 26 heavy (non-hydrogen) atoms. The zero-order valence-corrected chi connectivity index (χ0v) is 14.6. The molecule has 0 spiro atoms. The maximum absolute atomic E-state index is 12.3. The van der Waals surface area contributed by atoms with Crippen LogP contribution in [-0.2, 0) is 14.8 Å². The number of Topliss-reactive ketones (excluding diaryl/α,β-unsaturated/α-hetero) is 1. The second-order valence-corrected chi connectivity index (χ2v) is 7.29. The van der Waals surface area contributed by atoms with Crippen LogP contribution in [0.4, 0.5) is 5.69 Å². The summed E-state index contributed by atoms with van der Waals surface area (Å²) in [4.78, 5) is 23.3. The van der Waals surface area contributed by atoms with Gasteiger partial charge in [0.2, 0.25) is 22.7 Å². The molecule has 0 atom stereocenters. The molecule has 0 bridgehead atoms. The predicted octanol–water partition coefficient (Wildman–Crippen LogP) is 1.53. The molecule has 2 aromatic carbocycles. The number of rotatable bonds is 6. The van der Waals surface area contributed by atoms with E-state index in [9.17, 15) is 18.0 Å². The van der Waals surface area contributed by atoms with Crippen molar-refractivity contribution in [2.24, 2.45) is 0 Å². The third-order valence-electron chi connectivity index (χ3n) is 3.63. The van der Waals surface area contributed by atoms with Crippen molar-refractivity contribution < 1.29 is 27.5 Å². The van der Waals surface area contributed by atoms with E-state index in [1.807, 2.05) is 0 Å². The molecule has 2 aromatic rings. The number of hydrogen-bond acceptors (Lipinski definition) is 6. The molecule has 136 valence electrons. The normalized spacial score (nSPS) is 12.7. The number of anilines is 1. The van der Waals surface area contributed by atoms with Crippen LogP contribution in [0.2, 0.25) is 0 Å².